The first-order valence-electron chi connectivity index (χ1n) is 22.9. The smallest absolute Gasteiger partial charge is 0.306 e. The summed E-state index contributed by atoms with van der Waals surface area (Å²) >= 11 is 0. The third-order valence-corrected chi connectivity index (χ3v) is 10.3. The van der Waals surface area contributed by atoms with Gasteiger partial charge in [0.25, 0.3) is 0 Å². The first-order valence-corrected chi connectivity index (χ1v) is 22.9. The highest BCUT2D eigenvalue weighted by atomic mass is 16.5. The van der Waals surface area contributed by atoms with Gasteiger partial charge in [-0.25, -0.2) is 0 Å². The van der Waals surface area contributed by atoms with Gasteiger partial charge in [-0.2, -0.15) is 0 Å². The summed E-state index contributed by atoms with van der Waals surface area (Å²) in [6.07, 6.45) is 48.8. The molecule has 0 radical (unpaired) electrons. The predicted octanol–water partition coefficient (Wildman–Crippen LogP) is 13.1. The molecule has 0 fully saturated rings. The maximum absolute atomic E-state index is 13.1. The molecule has 0 aliphatic rings. The van der Waals surface area contributed by atoms with E-state index < -0.39 is 18.2 Å². The van der Waals surface area contributed by atoms with Gasteiger partial charge in [-0.15, -0.1) is 0 Å². The monoisotopic (exact) mass is 758 g/mol. The fraction of sp³-hybridized carbons (Fsp3) is 0.792. The molecular weight excluding hydrogens is 671 g/mol. The number of nitrogens with one attached hydrogen (secondary N) is 1. The van der Waals surface area contributed by atoms with Crippen LogP contribution in [0.4, 0.5) is 0 Å². The van der Waals surface area contributed by atoms with Crippen LogP contribution in [0.3, 0.4) is 0 Å². The lowest BCUT2D eigenvalue weighted by Gasteiger charge is -2.24. The summed E-state index contributed by atoms with van der Waals surface area (Å²) in [5.74, 6) is -0.515. The predicted molar refractivity (Wildman–Crippen MR) is 232 cm³/mol. The van der Waals surface area contributed by atoms with Gasteiger partial charge in [-0.3, -0.25) is 9.59 Å². The molecule has 0 aromatic rings. The molecule has 54 heavy (non-hydrogen) atoms. The number of aliphatic hydroxyl groups excluding tert-OH is 2. The molecule has 314 valence electrons. The molecule has 0 rings (SSSR count). The number of unbranched alkanes of at least 4 members (excludes halogenated alkanes) is 23. The Morgan fingerprint density at radius 2 is 1.00 bits per heavy atom. The van der Waals surface area contributed by atoms with E-state index in [0.717, 1.165) is 70.6 Å². The topological polar surface area (TPSA) is 95.9 Å². The van der Waals surface area contributed by atoms with Gasteiger partial charge in [0, 0.05) is 6.42 Å². The zero-order valence-corrected chi connectivity index (χ0v) is 35.6. The minimum absolute atomic E-state index is 0.0527. The Balaban J connectivity index is 4.63. The van der Waals surface area contributed by atoms with E-state index in [1.165, 1.54) is 103 Å². The van der Waals surface area contributed by atoms with Gasteiger partial charge >= 0.3 is 5.97 Å². The second-order valence-corrected chi connectivity index (χ2v) is 15.5. The van der Waals surface area contributed by atoms with Gasteiger partial charge in [0.15, 0.2) is 0 Å². The maximum atomic E-state index is 13.1. The van der Waals surface area contributed by atoms with Crippen LogP contribution in [0.2, 0.25) is 0 Å². The number of ether oxygens (including phenoxy) is 1. The van der Waals surface area contributed by atoms with Crippen LogP contribution in [0, 0.1) is 0 Å². The van der Waals surface area contributed by atoms with Crippen molar-refractivity contribution in [1.29, 1.82) is 0 Å². The Morgan fingerprint density at radius 3 is 1.52 bits per heavy atom. The summed E-state index contributed by atoms with van der Waals surface area (Å²) in [5.41, 5.74) is 0. The van der Waals surface area contributed by atoms with Crippen molar-refractivity contribution in [2.45, 2.75) is 238 Å². The maximum Gasteiger partial charge on any atom is 0.306 e. The Morgan fingerprint density at radius 1 is 0.556 bits per heavy atom. The largest absolute Gasteiger partial charge is 0.462 e. The van der Waals surface area contributed by atoms with Crippen molar-refractivity contribution in [3.63, 3.8) is 0 Å². The van der Waals surface area contributed by atoms with E-state index in [-0.39, 0.29) is 24.9 Å². The van der Waals surface area contributed by atoms with Crippen molar-refractivity contribution in [3.05, 3.63) is 48.6 Å². The fourth-order valence-electron chi connectivity index (χ4n) is 6.79. The van der Waals surface area contributed by atoms with Crippen LogP contribution in [-0.4, -0.2) is 46.9 Å². The molecule has 3 atom stereocenters. The Labute approximate surface area is 334 Å². The zero-order valence-electron chi connectivity index (χ0n) is 35.6. The number of amides is 1. The number of hydrogen-bond donors (Lipinski definition) is 3. The number of carbonyl (C=O) groups is 2. The van der Waals surface area contributed by atoms with Gasteiger partial charge in [0.05, 0.1) is 25.2 Å². The summed E-state index contributed by atoms with van der Waals surface area (Å²) in [5, 5.41) is 23.6. The van der Waals surface area contributed by atoms with Gasteiger partial charge < -0.3 is 20.3 Å². The molecule has 0 aliphatic heterocycles. The Bertz CT molecular complexity index is 941. The van der Waals surface area contributed by atoms with Crippen molar-refractivity contribution in [2.75, 3.05) is 6.61 Å². The third-order valence-electron chi connectivity index (χ3n) is 10.3. The summed E-state index contributed by atoms with van der Waals surface area (Å²) in [6, 6.07) is -0.711. The Hall–Kier alpha value is -2.18. The molecular formula is C48H87NO5. The summed E-state index contributed by atoms with van der Waals surface area (Å²) in [6.45, 7) is 6.30. The first-order chi connectivity index (χ1) is 26.5. The lowest BCUT2D eigenvalue weighted by atomic mass is 10.0. The highest BCUT2D eigenvalue weighted by molar-refractivity contribution is 5.77. The first kappa shape index (κ1) is 51.8. The second-order valence-electron chi connectivity index (χ2n) is 15.5. The van der Waals surface area contributed by atoms with Gasteiger partial charge in [-0.1, -0.05) is 211 Å². The molecule has 3 N–H and O–H groups in total. The number of esters is 1. The Kier molecular flexibility index (Phi) is 40.3. The van der Waals surface area contributed by atoms with Crippen molar-refractivity contribution < 1.29 is 24.5 Å². The summed E-state index contributed by atoms with van der Waals surface area (Å²) < 4.78 is 5.87. The van der Waals surface area contributed by atoms with E-state index in [2.05, 4.69) is 50.4 Å². The number of allylic oxidation sites excluding steroid dienone is 8. The molecule has 3 unspecified atom stereocenters. The van der Waals surface area contributed by atoms with E-state index in [9.17, 15) is 19.8 Å². The highest BCUT2D eigenvalue weighted by Crippen LogP contribution is 2.17. The van der Waals surface area contributed by atoms with E-state index in [0.29, 0.717) is 19.3 Å². The average molecular weight is 758 g/mol. The number of rotatable bonds is 40. The molecule has 0 saturated heterocycles. The van der Waals surface area contributed by atoms with Crippen molar-refractivity contribution >= 4 is 11.9 Å². The van der Waals surface area contributed by atoms with E-state index in [1.54, 1.807) is 0 Å². The summed E-state index contributed by atoms with van der Waals surface area (Å²) in [4.78, 5) is 25.9. The lowest BCUT2D eigenvalue weighted by molar-refractivity contribution is -0.151. The average Bonchev–Trinajstić information content (AvgIpc) is 3.16. The second kappa shape index (κ2) is 42.0. The highest BCUT2D eigenvalue weighted by Gasteiger charge is 2.24. The van der Waals surface area contributed by atoms with E-state index in [1.807, 2.05) is 24.3 Å². The van der Waals surface area contributed by atoms with Crippen molar-refractivity contribution in [2.24, 2.45) is 0 Å². The van der Waals surface area contributed by atoms with Gasteiger partial charge in [0.1, 0.15) is 6.10 Å². The summed E-state index contributed by atoms with van der Waals surface area (Å²) in [7, 11) is 0. The molecule has 0 aromatic heterocycles. The minimum atomic E-state index is -0.795. The SMILES string of the molecule is CC/C=C/C=C/C=C/C=C\CCCCCC(CC(=O)NC(CO)C(O)CCCCCCCCCCCCCCC)OC(=O)CCCCCCCCCCC. The normalized spacial score (nSPS) is 13.8. The van der Waals surface area contributed by atoms with Crippen LogP contribution < -0.4 is 5.32 Å². The molecule has 6 nitrogen and oxygen atoms in total. The van der Waals surface area contributed by atoms with E-state index >= 15 is 0 Å². The molecule has 0 heterocycles. The zero-order chi connectivity index (χ0) is 39.6. The molecule has 0 bridgehead atoms. The van der Waals surface area contributed by atoms with Crippen LogP contribution in [-0.2, 0) is 14.3 Å². The molecule has 0 saturated carbocycles. The van der Waals surface area contributed by atoms with Crippen LogP contribution in [0.25, 0.3) is 0 Å². The molecule has 6 heteroatoms. The van der Waals surface area contributed by atoms with Gasteiger partial charge in [0.2, 0.25) is 5.91 Å². The number of carbonyl (C=O) groups excluding carboxylic acids is 2. The molecule has 1 amide bonds. The number of aliphatic hydroxyl groups is 2. The standard InChI is InChI=1S/C48H87NO5/c1-4-7-10-13-16-19-21-23-25-28-30-33-36-39-44(54-48(53)41-38-35-32-27-18-15-12-9-6-3)42-47(52)49-45(43-50)46(51)40-37-34-31-29-26-24-22-20-17-14-11-8-5-2/h7,10,13,16,19,21,23,25,44-46,50-51H,4-6,8-9,11-12,14-15,17-18,20,22,24,26-43H2,1-3H3,(H,49,52)/b10-7+,16-13+,21-19+,25-23-. The van der Waals surface area contributed by atoms with Crippen LogP contribution in [0.5, 0.6) is 0 Å². The number of hydrogen-bond acceptors (Lipinski definition) is 5. The van der Waals surface area contributed by atoms with Crippen molar-refractivity contribution in [1.82, 2.24) is 5.32 Å². The molecule has 0 aromatic carbocycles. The van der Waals surface area contributed by atoms with Crippen LogP contribution in [0.15, 0.2) is 48.6 Å². The minimum Gasteiger partial charge on any atom is -0.462 e. The molecule has 0 spiro atoms. The van der Waals surface area contributed by atoms with Gasteiger partial charge in [-0.05, 0) is 44.9 Å². The molecule has 0 aliphatic carbocycles. The third kappa shape index (κ3) is 36.8. The van der Waals surface area contributed by atoms with Crippen LogP contribution in [0.1, 0.15) is 220 Å². The fourth-order valence-corrected chi connectivity index (χ4v) is 6.79. The van der Waals surface area contributed by atoms with E-state index in [4.69, 9.17) is 4.74 Å². The quantitative estimate of drug-likeness (QED) is 0.0329. The van der Waals surface area contributed by atoms with Crippen molar-refractivity contribution in [3.8, 4) is 0 Å². The van der Waals surface area contributed by atoms with Crippen LogP contribution >= 0.6 is 0 Å². The lowest BCUT2D eigenvalue weighted by Crippen LogP contribution is -2.46.